The summed E-state index contributed by atoms with van der Waals surface area (Å²) >= 11 is 0. The fourth-order valence-corrected chi connectivity index (χ4v) is 2.89. The van der Waals surface area contributed by atoms with Gasteiger partial charge in [-0.15, -0.1) is 0 Å². The lowest BCUT2D eigenvalue weighted by Crippen LogP contribution is -2.35. The molecule has 1 fully saturated rings. The van der Waals surface area contributed by atoms with Gasteiger partial charge in [0.25, 0.3) is 0 Å². The third-order valence-corrected chi connectivity index (χ3v) is 4.22. The van der Waals surface area contributed by atoms with Crippen LogP contribution in [0.15, 0.2) is 35.5 Å². The van der Waals surface area contributed by atoms with E-state index in [-0.39, 0.29) is 5.92 Å². The Hall–Kier alpha value is -1.55. The van der Waals surface area contributed by atoms with Gasteiger partial charge in [-0.05, 0) is 43.8 Å². The Kier molecular flexibility index (Phi) is 5.41. The van der Waals surface area contributed by atoms with E-state index in [0.29, 0.717) is 5.84 Å². The summed E-state index contributed by atoms with van der Waals surface area (Å²) in [6.07, 6.45) is 3.77. The zero-order valence-electron chi connectivity index (χ0n) is 12.2. The number of hydrogen-bond acceptors (Lipinski definition) is 3. The van der Waals surface area contributed by atoms with Gasteiger partial charge >= 0.3 is 0 Å². The first kappa shape index (κ1) is 14.9. The van der Waals surface area contributed by atoms with E-state index in [4.69, 9.17) is 10.9 Å². The summed E-state index contributed by atoms with van der Waals surface area (Å²) < 4.78 is 0. The first-order valence-corrected chi connectivity index (χ1v) is 7.45. The van der Waals surface area contributed by atoms with E-state index in [1.54, 1.807) is 0 Å². The van der Waals surface area contributed by atoms with Crippen LogP contribution in [0.25, 0.3) is 0 Å². The van der Waals surface area contributed by atoms with E-state index in [1.165, 1.54) is 19.3 Å². The van der Waals surface area contributed by atoms with Gasteiger partial charge in [0.1, 0.15) is 5.84 Å². The van der Waals surface area contributed by atoms with Crippen molar-refractivity contribution in [3.05, 3.63) is 35.9 Å². The summed E-state index contributed by atoms with van der Waals surface area (Å²) in [6.45, 7) is 5.35. The molecule has 0 aliphatic carbocycles. The average molecular weight is 275 g/mol. The van der Waals surface area contributed by atoms with Crippen LogP contribution in [-0.4, -0.2) is 35.6 Å². The number of oxime groups is 1. The summed E-state index contributed by atoms with van der Waals surface area (Å²) in [4.78, 5) is 2.44. The highest BCUT2D eigenvalue weighted by Gasteiger charge is 2.22. The van der Waals surface area contributed by atoms with Crippen molar-refractivity contribution in [1.82, 2.24) is 4.90 Å². The minimum atomic E-state index is -0.0328. The molecule has 0 aromatic heterocycles. The Labute approximate surface area is 121 Å². The second-order valence-corrected chi connectivity index (χ2v) is 5.82. The Morgan fingerprint density at radius 3 is 2.80 bits per heavy atom. The van der Waals surface area contributed by atoms with Gasteiger partial charge in [-0.1, -0.05) is 42.4 Å². The minimum Gasteiger partial charge on any atom is -0.409 e. The summed E-state index contributed by atoms with van der Waals surface area (Å²) in [7, 11) is 0. The van der Waals surface area contributed by atoms with E-state index >= 15 is 0 Å². The molecule has 1 aromatic rings. The van der Waals surface area contributed by atoms with Gasteiger partial charge in [0.2, 0.25) is 0 Å². The fourth-order valence-electron chi connectivity index (χ4n) is 2.89. The molecule has 1 aliphatic rings. The number of amidine groups is 1. The Bertz CT molecular complexity index is 433. The van der Waals surface area contributed by atoms with Crippen molar-refractivity contribution < 1.29 is 5.21 Å². The predicted octanol–water partition coefficient (Wildman–Crippen LogP) is 2.64. The molecule has 1 saturated heterocycles. The lowest BCUT2D eigenvalue weighted by Gasteiger charge is -2.26. The normalized spacial score (nSPS) is 23.2. The first-order chi connectivity index (χ1) is 9.70. The SMILES string of the molecule is CC1CCCN(CC(C(N)=NO)c2ccccc2)CC1. The Morgan fingerprint density at radius 1 is 1.35 bits per heavy atom. The molecule has 2 unspecified atom stereocenters. The van der Waals surface area contributed by atoms with Gasteiger partial charge in [-0.25, -0.2) is 0 Å². The molecule has 0 amide bonds. The van der Waals surface area contributed by atoms with Crippen LogP contribution in [0.4, 0.5) is 0 Å². The predicted molar refractivity (Wildman–Crippen MR) is 82.0 cm³/mol. The van der Waals surface area contributed by atoms with E-state index in [0.717, 1.165) is 31.1 Å². The summed E-state index contributed by atoms with van der Waals surface area (Å²) in [5.41, 5.74) is 7.02. The van der Waals surface area contributed by atoms with E-state index in [9.17, 15) is 0 Å². The van der Waals surface area contributed by atoms with Gasteiger partial charge in [0.15, 0.2) is 0 Å². The average Bonchev–Trinajstić information content (AvgIpc) is 2.69. The standard InChI is InChI=1S/C16H25N3O/c1-13-6-5-10-19(11-9-13)12-15(16(17)18-20)14-7-3-2-4-8-14/h2-4,7-8,13,15,20H,5-6,9-12H2,1H3,(H2,17,18). The highest BCUT2D eigenvalue weighted by molar-refractivity contribution is 5.87. The molecule has 0 radical (unpaired) electrons. The smallest absolute Gasteiger partial charge is 0.147 e. The van der Waals surface area contributed by atoms with Crippen LogP contribution < -0.4 is 5.73 Å². The molecular formula is C16H25N3O. The van der Waals surface area contributed by atoms with Crippen LogP contribution in [0.1, 0.15) is 37.7 Å². The number of rotatable bonds is 4. The monoisotopic (exact) mass is 275 g/mol. The molecular weight excluding hydrogens is 250 g/mol. The molecule has 0 bridgehead atoms. The topological polar surface area (TPSA) is 61.8 Å². The van der Waals surface area contributed by atoms with Crippen molar-refractivity contribution in [1.29, 1.82) is 0 Å². The van der Waals surface area contributed by atoms with Gasteiger partial charge in [-0.3, -0.25) is 0 Å². The molecule has 4 nitrogen and oxygen atoms in total. The second-order valence-electron chi connectivity index (χ2n) is 5.82. The molecule has 0 saturated carbocycles. The molecule has 1 aromatic carbocycles. The number of nitrogens with zero attached hydrogens (tertiary/aromatic N) is 2. The largest absolute Gasteiger partial charge is 0.409 e. The van der Waals surface area contributed by atoms with Crippen LogP contribution in [0, 0.1) is 5.92 Å². The Balaban J connectivity index is 2.08. The number of benzene rings is 1. The van der Waals surface area contributed by atoms with E-state index < -0.39 is 0 Å². The van der Waals surface area contributed by atoms with Crippen molar-refractivity contribution in [3.8, 4) is 0 Å². The lowest BCUT2D eigenvalue weighted by atomic mass is 9.97. The van der Waals surface area contributed by atoms with Crippen molar-refractivity contribution >= 4 is 5.84 Å². The van der Waals surface area contributed by atoms with Gasteiger partial charge in [-0.2, -0.15) is 0 Å². The van der Waals surface area contributed by atoms with Crippen LogP contribution in [0.2, 0.25) is 0 Å². The van der Waals surface area contributed by atoms with Gasteiger partial charge in [0.05, 0.1) is 5.92 Å². The lowest BCUT2D eigenvalue weighted by molar-refractivity contribution is 0.273. The fraction of sp³-hybridized carbons (Fsp3) is 0.562. The summed E-state index contributed by atoms with van der Waals surface area (Å²) in [6, 6.07) is 10.1. The second kappa shape index (κ2) is 7.29. The first-order valence-electron chi connectivity index (χ1n) is 7.45. The molecule has 1 aliphatic heterocycles. The Morgan fingerprint density at radius 2 is 2.10 bits per heavy atom. The molecule has 4 heteroatoms. The van der Waals surface area contributed by atoms with Crippen molar-refractivity contribution in [3.63, 3.8) is 0 Å². The molecule has 1 heterocycles. The third kappa shape index (κ3) is 3.97. The molecule has 20 heavy (non-hydrogen) atoms. The number of hydrogen-bond donors (Lipinski definition) is 2. The summed E-state index contributed by atoms with van der Waals surface area (Å²) in [5, 5.41) is 12.3. The third-order valence-electron chi connectivity index (χ3n) is 4.22. The minimum absolute atomic E-state index is 0.0328. The quantitative estimate of drug-likeness (QED) is 0.384. The van der Waals surface area contributed by atoms with Gasteiger partial charge in [0, 0.05) is 6.54 Å². The zero-order chi connectivity index (χ0) is 14.4. The molecule has 0 spiro atoms. The van der Waals surface area contributed by atoms with Crippen molar-refractivity contribution in [2.24, 2.45) is 16.8 Å². The van der Waals surface area contributed by atoms with E-state index in [1.807, 2.05) is 30.3 Å². The highest BCUT2D eigenvalue weighted by atomic mass is 16.4. The molecule has 2 atom stereocenters. The van der Waals surface area contributed by atoms with Crippen molar-refractivity contribution in [2.45, 2.75) is 32.1 Å². The van der Waals surface area contributed by atoms with Gasteiger partial charge < -0.3 is 15.8 Å². The zero-order valence-corrected chi connectivity index (χ0v) is 12.2. The maximum atomic E-state index is 9.04. The maximum absolute atomic E-state index is 9.04. The van der Waals surface area contributed by atoms with Crippen molar-refractivity contribution in [2.75, 3.05) is 19.6 Å². The highest BCUT2D eigenvalue weighted by Crippen LogP contribution is 2.21. The molecule has 110 valence electrons. The van der Waals surface area contributed by atoms with Crippen LogP contribution in [-0.2, 0) is 0 Å². The van der Waals surface area contributed by atoms with Crippen LogP contribution >= 0.6 is 0 Å². The number of likely N-dealkylation sites (tertiary alicyclic amines) is 1. The number of nitrogens with two attached hydrogens (primary N) is 1. The van der Waals surface area contributed by atoms with Crippen LogP contribution in [0.3, 0.4) is 0 Å². The van der Waals surface area contributed by atoms with Crippen LogP contribution in [0.5, 0.6) is 0 Å². The maximum Gasteiger partial charge on any atom is 0.147 e. The molecule has 3 N–H and O–H groups in total. The summed E-state index contributed by atoms with van der Waals surface area (Å²) in [5.74, 6) is 1.07. The van der Waals surface area contributed by atoms with E-state index in [2.05, 4.69) is 17.0 Å². The molecule has 2 rings (SSSR count).